The monoisotopic (exact) mass is 275 g/mol. The average Bonchev–Trinajstić information content (AvgIpc) is 3.31. The highest BCUT2D eigenvalue weighted by molar-refractivity contribution is 5.77. The highest BCUT2D eigenvalue weighted by Crippen LogP contribution is 2.47. The summed E-state index contributed by atoms with van der Waals surface area (Å²) in [7, 11) is 0. The first-order valence-corrected chi connectivity index (χ1v) is 7.73. The summed E-state index contributed by atoms with van der Waals surface area (Å²) in [6.07, 6.45) is 4.45. The van der Waals surface area contributed by atoms with Gasteiger partial charge in [0.05, 0.1) is 13.2 Å². The molecular weight excluding hydrogens is 254 g/mol. The molecule has 2 saturated carbocycles. The Hall–Kier alpha value is -1.29. The van der Waals surface area contributed by atoms with E-state index in [1.165, 1.54) is 19.3 Å². The molecule has 2 heterocycles. The van der Waals surface area contributed by atoms with Crippen LogP contribution in [0.3, 0.4) is 0 Å². The number of hydrogen-bond donors (Lipinski definition) is 0. The maximum Gasteiger partial charge on any atom is 0.323 e. The van der Waals surface area contributed by atoms with E-state index in [1.807, 2.05) is 0 Å². The fraction of sp³-hybridized carbons (Fsp3) is 0.688. The van der Waals surface area contributed by atoms with Crippen LogP contribution >= 0.6 is 0 Å². The standard InChI is InChI=1S/C16H21NO3/c1-10-8-13(10)15-5-4-12(20-15)9-17(11-2-3-11)14-6-7-19-16(14)18/h4-5,10-11,13-14H,2-3,6-9H2,1H3/t10-,13-,14-/m1/s1. The van der Waals surface area contributed by atoms with Gasteiger partial charge in [0.1, 0.15) is 17.6 Å². The lowest BCUT2D eigenvalue weighted by Crippen LogP contribution is -2.39. The summed E-state index contributed by atoms with van der Waals surface area (Å²) in [4.78, 5) is 14.1. The van der Waals surface area contributed by atoms with E-state index < -0.39 is 0 Å². The van der Waals surface area contributed by atoms with Crippen molar-refractivity contribution in [1.29, 1.82) is 0 Å². The Kier molecular flexibility index (Phi) is 2.88. The topological polar surface area (TPSA) is 42.7 Å². The SMILES string of the molecule is C[C@@H]1C[C@H]1c1ccc(CN(C2CC2)[C@@H]2CCOC2=O)o1. The van der Waals surface area contributed by atoms with Crippen LogP contribution < -0.4 is 0 Å². The fourth-order valence-corrected chi connectivity index (χ4v) is 3.26. The van der Waals surface area contributed by atoms with Crippen molar-refractivity contribution in [2.45, 2.75) is 57.2 Å². The maximum atomic E-state index is 11.8. The van der Waals surface area contributed by atoms with E-state index in [-0.39, 0.29) is 12.0 Å². The molecule has 0 aromatic carbocycles. The molecule has 3 aliphatic rings. The molecule has 4 rings (SSSR count). The van der Waals surface area contributed by atoms with Gasteiger partial charge in [-0.2, -0.15) is 0 Å². The van der Waals surface area contributed by atoms with Gasteiger partial charge in [-0.25, -0.2) is 0 Å². The van der Waals surface area contributed by atoms with Gasteiger partial charge in [-0.05, 0) is 37.3 Å². The van der Waals surface area contributed by atoms with Crippen LogP contribution in [0.1, 0.15) is 50.0 Å². The third-order valence-electron chi connectivity index (χ3n) is 4.82. The van der Waals surface area contributed by atoms with Crippen molar-refractivity contribution >= 4 is 5.97 Å². The van der Waals surface area contributed by atoms with Crippen LogP contribution in [0.5, 0.6) is 0 Å². The number of nitrogens with zero attached hydrogens (tertiary/aromatic N) is 1. The second kappa shape index (κ2) is 4.62. The summed E-state index contributed by atoms with van der Waals surface area (Å²) < 4.78 is 11.1. The zero-order chi connectivity index (χ0) is 13.7. The van der Waals surface area contributed by atoms with E-state index in [0.717, 1.165) is 30.4 Å². The summed E-state index contributed by atoms with van der Waals surface area (Å²) in [5.74, 6) is 3.44. The van der Waals surface area contributed by atoms with Gasteiger partial charge in [0.2, 0.25) is 0 Å². The van der Waals surface area contributed by atoms with E-state index in [1.54, 1.807) is 0 Å². The predicted octanol–water partition coefficient (Wildman–Crippen LogP) is 2.68. The quantitative estimate of drug-likeness (QED) is 0.775. The number of ether oxygens (including phenoxy) is 1. The zero-order valence-electron chi connectivity index (χ0n) is 11.9. The lowest BCUT2D eigenvalue weighted by molar-refractivity contribution is -0.142. The van der Waals surface area contributed by atoms with Crippen molar-refractivity contribution in [3.63, 3.8) is 0 Å². The van der Waals surface area contributed by atoms with Crippen molar-refractivity contribution in [3.05, 3.63) is 23.7 Å². The first-order chi connectivity index (χ1) is 9.72. The molecule has 1 saturated heterocycles. The highest BCUT2D eigenvalue weighted by atomic mass is 16.5. The summed E-state index contributed by atoms with van der Waals surface area (Å²) in [5.41, 5.74) is 0. The minimum atomic E-state index is -0.0594. The highest BCUT2D eigenvalue weighted by Gasteiger charge is 2.41. The van der Waals surface area contributed by atoms with E-state index >= 15 is 0 Å². The number of cyclic esters (lactones) is 1. The van der Waals surface area contributed by atoms with Crippen LogP contribution in [0.4, 0.5) is 0 Å². The molecule has 0 spiro atoms. The summed E-state index contributed by atoms with van der Waals surface area (Å²) >= 11 is 0. The number of rotatable bonds is 5. The van der Waals surface area contributed by atoms with Crippen molar-refractivity contribution in [2.24, 2.45) is 5.92 Å². The van der Waals surface area contributed by atoms with Gasteiger partial charge in [-0.1, -0.05) is 6.92 Å². The van der Waals surface area contributed by atoms with Gasteiger partial charge in [-0.3, -0.25) is 9.69 Å². The average molecular weight is 275 g/mol. The molecule has 2 aliphatic carbocycles. The number of esters is 1. The van der Waals surface area contributed by atoms with E-state index in [2.05, 4.69) is 24.0 Å². The molecular formula is C16H21NO3. The molecule has 1 aromatic rings. The molecule has 0 N–H and O–H groups in total. The van der Waals surface area contributed by atoms with Crippen LogP contribution in [-0.4, -0.2) is 29.6 Å². The van der Waals surface area contributed by atoms with E-state index in [0.29, 0.717) is 18.6 Å². The molecule has 1 aliphatic heterocycles. The molecule has 0 radical (unpaired) electrons. The second-order valence-electron chi connectivity index (χ2n) is 6.50. The van der Waals surface area contributed by atoms with Crippen LogP contribution in [0.15, 0.2) is 16.5 Å². The van der Waals surface area contributed by atoms with E-state index in [9.17, 15) is 4.79 Å². The lowest BCUT2D eigenvalue weighted by Gasteiger charge is -2.24. The Morgan fingerprint density at radius 1 is 1.30 bits per heavy atom. The molecule has 3 fully saturated rings. The fourth-order valence-electron chi connectivity index (χ4n) is 3.26. The largest absolute Gasteiger partial charge is 0.464 e. The van der Waals surface area contributed by atoms with Crippen molar-refractivity contribution in [3.8, 4) is 0 Å². The molecule has 0 amide bonds. The lowest BCUT2D eigenvalue weighted by atomic mass is 10.2. The third kappa shape index (κ3) is 2.26. The van der Waals surface area contributed by atoms with Gasteiger partial charge < -0.3 is 9.15 Å². The third-order valence-corrected chi connectivity index (χ3v) is 4.82. The first kappa shape index (κ1) is 12.5. The Balaban J connectivity index is 1.47. The minimum absolute atomic E-state index is 0.0560. The number of hydrogen-bond acceptors (Lipinski definition) is 4. The predicted molar refractivity (Wildman–Crippen MR) is 73.2 cm³/mol. The molecule has 108 valence electrons. The van der Waals surface area contributed by atoms with Crippen molar-refractivity contribution < 1.29 is 13.9 Å². The first-order valence-electron chi connectivity index (χ1n) is 7.73. The van der Waals surface area contributed by atoms with Gasteiger partial charge >= 0.3 is 5.97 Å². The summed E-state index contributed by atoms with van der Waals surface area (Å²) in [6, 6.07) is 4.67. The van der Waals surface area contributed by atoms with Crippen molar-refractivity contribution in [2.75, 3.05) is 6.61 Å². The van der Waals surface area contributed by atoms with Gasteiger partial charge in [0, 0.05) is 18.4 Å². The molecule has 4 nitrogen and oxygen atoms in total. The van der Waals surface area contributed by atoms with Gasteiger partial charge in [-0.15, -0.1) is 0 Å². The Labute approximate surface area is 119 Å². The molecule has 1 aromatic heterocycles. The van der Waals surface area contributed by atoms with Crippen molar-refractivity contribution in [1.82, 2.24) is 4.90 Å². The number of carbonyl (C=O) groups is 1. The van der Waals surface area contributed by atoms with Crippen LogP contribution in [-0.2, 0) is 16.1 Å². The normalized spacial score (nSPS) is 32.7. The second-order valence-corrected chi connectivity index (χ2v) is 6.50. The number of carbonyl (C=O) groups excluding carboxylic acids is 1. The van der Waals surface area contributed by atoms with Gasteiger partial charge in [0.15, 0.2) is 0 Å². The van der Waals surface area contributed by atoms with Gasteiger partial charge in [0.25, 0.3) is 0 Å². The smallest absolute Gasteiger partial charge is 0.323 e. The van der Waals surface area contributed by atoms with Crippen LogP contribution in [0, 0.1) is 5.92 Å². The molecule has 20 heavy (non-hydrogen) atoms. The Bertz CT molecular complexity index is 520. The zero-order valence-corrected chi connectivity index (χ0v) is 11.9. The summed E-state index contributed by atoms with van der Waals surface area (Å²) in [6.45, 7) is 3.57. The molecule has 3 atom stereocenters. The molecule has 0 unspecified atom stereocenters. The van der Waals surface area contributed by atoms with Crippen LogP contribution in [0.25, 0.3) is 0 Å². The van der Waals surface area contributed by atoms with Crippen LogP contribution in [0.2, 0.25) is 0 Å². The maximum absolute atomic E-state index is 11.8. The Morgan fingerprint density at radius 2 is 2.10 bits per heavy atom. The minimum Gasteiger partial charge on any atom is -0.464 e. The Morgan fingerprint density at radius 3 is 2.70 bits per heavy atom. The molecule has 0 bridgehead atoms. The number of furan rings is 1. The molecule has 4 heteroatoms. The summed E-state index contributed by atoms with van der Waals surface area (Å²) in [5, 5.41) is 0. The van der Waals surface area contributed by atoms with E-state index in [4.69, 9.17) is 9.15 Å².